The van der Waals surface area contributed by atoms with Gasteiger partial charge < -0.3 is 9.15 Å². The maximum Gasteiger partial charge on any atom is 0.134 e. The summed E-state index contributed by atoms with van der Waals surface area (Å²) in [6.07, 6.45) is 0. The molecule has 19 heavy (non-hydrogen) atoms. The first-order chi connectivity index (χ1) is 9.33. The molecule has 1 aromatic carbocycles. The Morgan fingerprint density at radius 2 is 2.16 bits per heavy atom. The summed E-state index contributed by atoms with van der Waals surface area (Å²) in [5.74, 6) is 7.28. The van der Waals surface area contributed by atoms with E-state index >= 15 is 0 Å². The average Bonchev–Trinajstić information content (AvgIpc) is 3.05. The van der Waals surface area contributed by atoms with Crippen LogP contribution in [0.4, 0.5) is 0 Å². The van der Waals surface area contributed by atoms with E-state index in [1.165, 1.54) is 0 Å². The van der Waals surface area contributed by atoms with Crippen LogP contribution < -0.4 is 16.0 Å². The molecule has 1 unspecified atom stereocenters. The highest BCUT2D eigenvalue weighted by Crippen LogP contribution is 2.36. The Morgan fingerprint density at radius 3 is 2.89 bits per heavy atom. The summed E-state index contributed by atoms with van der Waals surface area (Å²) >= 11 is 1.58. The predicted octanol–water partition coefficient (Wildman–Crippen LogP) is 3.06. The van der Waals surface area contributed by atoms with Crippen molar-refractivity contribution in [1.82, 2.24) is 5.43 Å². The number of fused-ring (bicyclic) bond motifs is 1. The molecule has 0 radical (unpaired) electrons. The second-order valence-corrected chi connectivity index (χ2v) is 5.09. The van der Waals surface area contributed by atoms with Crippen LogP contribution in [-0.4, -0.2) is 7.11 Å². The van der Waals surface area contributed by atoms with E-state index in [1.807, 2.05) is 41.8 Å². The van der Waals surface area contributed by atoms with E-state index in [1.54, 1.807) is 18.4 Å². The number of ether oxygens (including phenoxy) is 1. The molecule has 1 atom stereocenters. The number of nitrogens with two attached hydrogens (primary N) is 1. The summed E-state index contributed by atoms with van der Waals surface area (Å²) in [5.41, 5.74) is 3.65. The highest BCUT2D eigenvalue weighted by Gasteiger charge is 2.22. The van der Waals surface area contributed by atoms with Gasteiger partial charge in [0.1, 0.15) is 23.1 Å². The fourth-order valence-electron chi connectivity index (χ4n) is 2.12. The summed E-state index contributed by atoms with van der Waals surface area (Å²) in [6.45, 7) is 0. The largest absolute Gasteiger partial charge is 0.496 e. The fourth-order valence-corrected chi connectivity index (χ4v) is 3.05. The normalized spacial score (nSPS) is 12.7. The summed E-state index contributed by atoms with van der Waals surface area (Å²) in [4.78, 5) is 1.00. The number of furan rings is 1. The van der Waals surface area contributed by atoms with Gasteiger partial charge in [0.25, 0.3) is 0 Å². The zero-order valence-corrected chi connectivity index (χ0v) is 11.2. The van der Waals surface area contributed by atoms with Gasteiger partial charge in [0.05, 0.1) is 12.0 Å². The molecule has 0 aliphatic heterocycles. The number of hydrogen-bond donors (Lipinski definition) is 2. The molecule has 3 aromatic rings. The summed E-state index contributed by atoms with van der Waals surface area (Å²) in [7, 11) is 1.65. The zero-order chi connectivity index (χ0) is 13.2. The standard InChI is InChI=1S/C14H14N2O2S/c1-17-11-6-7-19-14(11)13(16-15)12-8-9-4-2-3-5-10(9)18-12/h2-8,13,16H,15H2,1H3. The SMILES string of the molecule is COc1ccsc1C(NN)c1cc2ccccc2o1. The van der Waals surface area contributed by atoms with E-state index in [0.29, 0.717) is 0 Å². The zero-order valence-electron chi connectivity index (χ0n) is 10.4. The fraction of sp³-hybridized carbons (Fsp3) is 0.143. The van der Waals surface area contributed by atoms with Gasteiger partial charge in [-0.25, -0.2) is 5.43 Å². The van der Waals surface area contributed by atoms with Crippen LogP contribution >= 0.6 is 11.3 Å². The highest BCUT2D eigenvalue weighted by atomic mass is 32.1. The Labute approximate surface area is 114 Å². The molecule has 0 saturated heterocycles. The Kier molecular flexibility index (Phi) is 3.25. The lowest BCUT2D eigenvalue weighted by atomic mass is 10.1. The second-order valence-electron chi connectivity index (χ2n) is 4.14. The molecule has 98 valence electrons. The number of hydrogen-bond acceptors (Lipinski definition) is 5. The van der Waals surface area contributed by atoms with Crippen LogP contribution in [0, 0.1) is 0 Å². The summed E-state index contributed by atoms with van der Waals surface area (Å²) in [5, 5.41) is 3.04. The number of para-hydroxylation sites is 1. The molecular formula is C14H14N2O2S. The number of benzene rings is 1. The van der Waals surface area contributed by atoms with Crippen LogP contribution in [0.15, 0.2) is 46.2 Å². The van der Waals surface area contributed by atoms with E-state index in [2.05, 4.69) is 5.43 Å². The predicted molar refractivity (Wildman–Crippen MR) is 76.3 cm³/mol. The third-order valence-corrected chi connectivity index (χ3v) is 4.00. The van der Waals surface area contributed by atoms with Gasteiger partial charge in [0, 0.05) is 5.39 Å². The highest BCUT2D eigenvalue weighted by molar-refractivity contribution is 7.10. The maximum atomic E-state index is 5.85. The van der Waals surface area contributed by atoms with Crippen molar-refractivity contribution in [3.8, 4) is 5.75 Å². The Bertz CT molecular complexity index is 656. The second kappa shape index (κ2) is 5.05. The number of nitrogens with one attached hydrogen (secondary N) is 1. The first-order valence-corrected chi connectivity index (χ1v) is 6.77. The lowest BCUT2D eigenvalue weighted by molar-refractivity contribution is 0.401. The molecule has 0 bridgehead atoms. The van der Waals surface area contributed by atoms with Gasteiger partial charge in [-0.15, -0.1) is 11.3 Å². The van der Waals surface area contributed by atoms with Crippen LogP contribution in [0.3, 0.4) is 0 Å². The number of thiophene rings is 1. The van der Waals surface area contributed by atoms with Crippen molar-refractivity contribution in [2.24, 2.45) is 5.84 Å². The van der Waals surface area contributed by atoms with Gasteiger partial charge in [-0.3, -0.25) is 5.84 Å². The molecule has 0 spiro atoms. The van der Waals surface area contributed by atoms with E-state index < -0.39 is 0 Å². The van der Waals surface area contributed by atoms with Crippen molar-refractivity contribution < 1.29 is 9.15 Å². The van der Waals surface area contributed by atoms with Gasteiger partial charge in [0.2, 0.25) is 0 Å². The van der Waals surface area contributed by atoms with E-state index in [4.69, 9.17) is 15.0 Å². The minimum absolute atomic E-state index is 0.206. The van der Waals surface area contributed by atoms with Crippen LogP contribution in [0.5, 0.6) is 5.75 Å². The third-order valence-electron chi connectivity index (χ3n) is 3.04. The minimum atomic E-state index is -0.206. The molecule has 3 rings (SSSR count). The van der Waals surface area contributed by atoms with Crippen LogP contribution in [0.25, 0.3) is 11.0 Å². The van der Waals surface area contributed by atoms with Crippen molar-refractivity contribution in [2.75, 3.05) is 7.11 Å². The van der Waals surface area contributed by atoms with Gasteiger partial charge in [-0.2, -0.15) is 0 Å². The van der Waals surface area contributed by atoms with Crippen molar-refractivity contribution in [3.05, 3.63) is 52.4 Å². The number of methoxy groups -OCH3 is 1. The van der Waals surface area contributed by atoms with Crippen molar-refractivity contribution in [2.45, 2.75) is 6.04 Å². The van der Waals surface area contributed by atoms with E-state index in [9.17, 15) is 0 Å². The Balaban J connectivity index is 2.06. The molecule has 2 heterocycles. The van der Waals surface area contributed by atoms with E-state index in [0.717, 1.165) is 27.4 Å². The van der Waals surface area contributed by atoms with Crippen LogP contribution in [0.2, 0.25) is 0 Å². The monoisotopic (exact) mass is 274 g/mol. The molecule has 0 fully saturated rings. The van der Waals surface area contributed by atoms with Crippen LogP contribution in [0.1, 0.15) is 16.7 Å². The molecule has 4 nitrogen and oxygen atoms in total. The molecule has 2 aromatic heterocycles. The lowest BCUT2D eigenvalue weighted by Gasteiger charge is -2.13. The topological polar surface area (TPSA) is 60.4 Å². The summed E-state index contributed by atoms with van der Waals surface area (Å²) in [6, 6.07) is 11.6. The quantitative estimate of drug-likeness (QED) is 0.567. The van der Waals surface area contributed by atoms with Gasteiger partial charge in [-0.1, -0.05) is 18.2 Å². The molecular weight excluding hydrogens is 260 g/mol. The van der Waals surface area contributed by atoms with Gasteiger partial charge in [-0.05, 0) is 23.6 Å². The molecule has 3 N–H and O–H groups in total. The summed E-state index contributed by atoms with van der Waals surface area (Å²) < 4.78 is 11.2. The maximum absolute atomic E-state index is 5.85. The molecule has 0 aliphatic carbocycles. The molecule has 0 saturated carbocycles. The van der Waals surface area contributed by atoms with Gasteiger partial charge >= 0.3 is 0 Å². The van der Waals surface area contributed by atoms with Crippen molar-refractivity contribution >= 4 is 22.3 Å². The Hall–Kier alpha value is -1.82. The average molecular weight is 274 g/mol. The number of rotatable bonds is 4. The number of hydrazine groups is 1. The first-order valence-electron chi connectivity index (χ1n) is 5.89. The van der Waals surface area contributed by atoms with Gasteiger partial charge in [0.15, 0.2) is 0 Å². The molecule has 0 aliphatic rings. The minimum Gasteiger partial charge on any atom is -0.496 e. The molecule has 5 heteroatoms. The lowest BCUT2D eigenvalue weighted by Crippen LogP contribution is -2.28. The first kappa shape index (κ1) is 12.2. The van der Waals surface area contributed by atoms with Crippen molar-refractivity contribution in [1.29, 1.82) is 0 Å². The van der Waals surface area contributed by atoms with Crippen LogP contribution in [-0.2, 0) is 0 Å². The molecule has 0 amide bonds. The Morgan fingerprint density at radius 1 is 1.32 bits per heavy atom. The third kappa shape index (κ3) is 2.12. The van der Waals surface area contributed by atoms with Crippen molar-refractivity contribution in [3.63, 3.8) is 0 Å². The van der Waals surface area contributed by atoms with E-state index in [-0.39, 0.29) is 6.04 Å². The smallest absolute Gasteiger partial charge is 0.134 e.